The molecule has 0 saturated heterocycles. The van der Waals surface area contributed by atoms with Gasteiger partial charge in [0.2, 0.25) is 0 Å². The third-order valence-electron chi connectivity index (χ3n) is 5.06. The predicted molar refractivity (Wildman–Crippen MR) is 125 cm³/mol. The molecular formula is C24H18N4O8. The summed E-state index contributed by atoms with van der Waals surface area (Å²) in [6.45, 7) is 0.191. The smallest absolute Gasteiger partial charge is 0.440 e. The van der Waals surface area contributed by atoms with Gasteiger partial charge < -0.3 is 18.5 Å². The fraction of sp³-hybridized carbons (Fsp3) is 0.0833. The molecule has 0 bridgehead atoms. The van der Waals surface area contributed by atoms with Gasteiger partial charge in [0, 0.05) is 0 Å². The molecule has 0 spiro atoms. The van der Waals surface area contributed by atoms with Crippen molar-refractivity contribution in [2.75, 3.05) is 0 Å². The van der Waals surface area contributed by atoms with Crippen LogP contribution in [0.15, 0.2) is 101 Å². The van der Waals surface area contributed by atoms with Crippen molar-refractivity contribution in [3.63, 3.8) is 0 Å². The predicted octanol–water partition coefficient (Wildman–Crippen LogP) is 2.25. The number of aromatic nitrogens is 4. The van der Waals surface area contributed by atoms with E-state index in [-0.39, 0.29) is 13.1 Å². The van der Waals surface area contributed by atoms with Gasteiger partial charge in [-0.05, 0) is 47.5 Å². The lowest BCUT2D eigenvalue weighted by molar-refractivity contribution is 0.258. The molecule has 5 rings (SSSR count). The number of H-pyrrole nitrogens is 2. The van der Waals surface area contributed by atoms with E-state index in [2.05, 4.69) is 0 Å². The Morgan fingerprint density at radius 2 is 0.972 bits per heavy atom. The molecule has 0 radical (unpaired) electrons. The van der Waals surface area contributed by atoms with Gasteiger partial charge in [-0.3, -0.25) is 0 Å². The van der Waals surface area contributed by atoms with Gasteiger partial charge >= 0.3 is 22.9 Å². The third-order valence-corrected chi connectivity index (χ3v) is 5.06. The van der Waals surface area contributed by atoms with Crippen LogP contribution in [0.2, 0.25) is 0 Å². The lowest BCUT2D eigenvalue weighted by atomic mass is 10.2. The molecule has 182 valence electrons. The minimum atomic E-state index is -0.810. The van der Waals surface area contributed by atoms with Gasteiger partial charge in [-0.1, -0.05) is 36.4 Å². The first-order valence-corrected chi connectivity index (χ1v) is 10.7. The summed E-state index contributed by atoms with van der Waals surface area (Å²) in [6.07, 6.45) is 0. The molecular weight excluding hydrogens is 472 g/mol. The van der Waals surface area contributed by atoms with Crippen molar-refractivity contribution in [1.29, 1.82) is 0 Å². The first kappa shape index (κ1) is 22.5. The summed E-state index contributed by atoms with van der Waals surface area (Å²) in [4.78, 5) is 49.5. The summed E-state index contributed by atoms with van der Waals surface area (Å²) in [5, 5.41) is 0. The average Bonchev–Trinajstić information content (AvgIpc) is 3.35. The van der Waals surface area contributed by atoms with Crippen molar-refractivity contribution < 1.29 is 18.5 Å². The van der Waals surface area contributed by atoms with Crippen molar-refractivity contribution in [1.82, 2.24) is 19.4 Å². The van der Waals surface area contributed by atoms with Gasteiger partial charge in [-0.25, -0.2) is 29.1 Å². The molecule has 0 saturated carbocycles. The van der Waals surface area contributed by atoms with E-state index in [4.69, 9.17) is 18.5 Å². The fourth-order valence-corrected chi connectivity index (χ4v) is 3.37. The standard InChI is InChI=1S/C24H18N4O8/c29-21-25-23(31)35-27(21)13-15-5-9-17(10-6-15)33-19-3-1-2-4-20(19)34-18-11-7-16(8-12-18)14-28-22(30)26-24(32)36-28/h1-12H,13-14H2,(H,25,29,31)(H,26,30,32). The highest BCUT2D eigenvalue weighted by Crippen LogP contribution is 2.34. The molecule has 12 heteroatoms. The quantitative estimate of drug-likeness (QED) is 0.336. The van der Waals surface area contributed by atoms with Crippen LogP contribution in [0.3, 0.4) is 0 Å². The summed E-state index contributed by atoms with van der Waals surface area (Å²) in [5.41, 5.74) is 0.227. The summed E-state index contributed by atoms with van der Waals surface area (Å²) in [6, 6.07) is 21.0. The van der Waals surface area contributed by atoms with E-state index in [9.17, 15) is 19.2 Å². The van der Waals surface area contributed by atoms with Gasteiger partial charge in [0.15, 0.2) is 11.5 Å². The summed E-state index contributed by atoms with van der Waals surface area (Å²) >= 11 is 0. The van der Waals surface area contributed by atoms with Crippen molar-refractivity contribution in [3.05, 3.63) is 126 Å². The molecule has 3 aromatic carbocycles. The molecule has 0 aliphatic carbocycles. The number of aromatic amines is 2. The normalized spacial score (nSPS) is 10.9. The van der Waals surface area contributed by atoms with E-state index in [1.165, 1.54) is 0 Å². The Balaban J connectivity index is 1.26. The van der Waals surface area contributed by atoms with Crippen molar-refractivity contribution in [2.24, 2.45) is 0 Å². The van der Waals surface area contributed by atoms with Crippen molar-refractivity contribution >= 4 is 0 Å². The molecule has 2 heterocycles. The lowest BCUT2D eigenvalue weighted by Crippen LogP contribution is -2.17. The minimum Gasteiger partial charge on any atom is -0.453 e. The molecule has 0 fully saturated rings. The van der Waals surface area contributed by atoms with Crippen LogP contribution >= 0.6 is 0 Å². The van der Waals surface area contributed by atoms with Crippen molar-refractivity contribution in [2.45, 2.75) is 13.1 Å². The second-order valence-corrected chi connectivity index (χ2v) is 7.63. The van der Waals surface area contributed by atoms with Gasteiger partial charge in [0.25, 0.3) is 0 Å². The maximum atomic E-state index is 11.6. The first-order valence-electron chi connectivity index (χ1n) is 10.7. The first-order chi connectivity index (χ1) is 17.4. The van der Waals surface area contributed by atoms with E-state index in [0.717, 1.165) is 20.6 Å². The fourth-order valence-electron chi connectivity index (χ4n) is 3.37. The molecule has 0 atom stereocenters. The molecule has 0 amide bonds. The summed E-state index contributed by atoms with van der Waals surface area (Å²) in [7, 11) is 0. The molecule has 5 aromatic rings. The van der Waals surface area contributed by atoms with Crippen LogP contribution in [0.1, 0.15) is 11.1 Å². The topological polar surface area (TPSA) is 154 Å². The maximum Gasteiger partial charge on any atom is 0.440 e. The van der Waals surface area contributed by atoms with Crippen LogP contribution in [0.5, 0.6) is 23.0 Å². The number of nitrogens with zero attached hydrogens (tertiary/aromatic N) is 2. The number of ether oxygens (including phenoxy) is 2. The lowest BCUT2D eigenvalue weighted by Gasteiger charge is -2.13. The highest BCUT2D eigenvalue weighted by atomic mass is 16.5. The van der Waals surface area contributed by atoms with Gasteiger partial charge in [0.05, 0.1) is 13.1 Å². The zero-order valence-electron chi connectivity index (χ0n) is 18.5. The SMILES string of the molecule is O=c1[nH]c(=O)n(Cc2ccc(Oc3ccccc3Oc3ccc(Cn4oc(=O)[nH]c4=O)cc3)cc2)o1. The highest BCUT2D eigenvalue weighted by Gasteiger charge is 2.09. The highest BCUT2D eigenvalue weighted by molar-refractivity contribution is 5.45. The summed E-state index contributed by atoms with van der Waals surface area (Å²) < 4.78 is 23.4. The Morgan fingerprint density at radius 3 is 1.31 bits per heavy atom. The Bertz CT molecular complexity index is 1590. The minimum absolute atomic E-state index is 0.0956. The Labute approximate surface area is 200 Å². The zero-order chi connectivity index (χ0) is 25.1. The number of hydrogen-bond acceptors (Lipinski definition) is 8. The zero-order valence-corrected chi connectivity index (χ0v) is 18.5. The van der Waals surface area contributed by atoms with Crippen molar-refractivity contribution in [3.8, 4) is 23.0 Å². The van der Waals surface area contributed by atoms with Crippen LogP contribution in [0.4, 0.5) is 0 Å². The second-order valence-electron chi connectivity index (χ2n) is 7.63. The number of nitrogens with one attached hydrogen (secondary N) is 2. The number of benzene rings is 3. The monoisotopic (exact) mass is 490 g/mol. The van der Waals surface area contributed by atoms with E-state index >= 15 is 0 Å². The van der Waals surface area contributed by atoms with Crippen LogP contribution in [-0.4, -0.2) is 19.4 Å². The summed E-state index contributed by atoms with van der Waals surface area (Å²) in [5.74, 6) is 0.398. The van der Waals surface area contributed by atoms with E-state index in [0.29, 0.717) is 23.0 Å². The maximum absolute atomic E-state index is 11.6. The molecule has 2 aromatic heterocycles. The van der Waals surface area contributed by atoms with Gasteiger partial charge in [-0.2, -0.15) is 0 Å². The number of para-hydroxylation sites is 2. The van der Waals surface area contributed by atoms with E-state index in [1.54, 1.807) is 60.7 Å². The van der Waals surface area contributed by atoms with Crippen LogP contribution < -0.4 is 32.4 Å². The molecule has 36 heavy (non-hydrogen) atoms. The second kappa shape index (κ2) is 9.54. The average molecular weight is 490 g/mol. The number of rotatable bonds is 8. The molecule has 0 aliphatic rings. The molecule has 12 nitrogen and oxygen atoms in total. The van der Waals surface area contributed by atoms with Crippen LogP contribution in [0.25, 0.3) is 0 Å². The Morgan fingerprint density at radius 1 is 0.583 bits per heavy atom. The molecule has 2 N–H and O–H groups in total. The van der Waals surface area contributed by atoms with Crippen LogP contribution in [0, 0.1) is 0 Å². The molecule has 0 aliphatic heterocycles. The van der Waals surface area contributed by atoms with E-state index < -0.39 is 22.9 Å². The largest absolute Gasteiger partial charge is 0.453 e. The van der Waals surface area contributed by atoms with Crippen LogP contribution in [-0.2, 0) is 13.1 Å². The van der Waals surface area contributed by atoms with E-state index in [1.807, 2.05) is 22.1 Å². The molecule has 0 unspecified atom stereocenters. The van der Waals surface area contributed by atoms with Gasteiger partial charge in [0.1, 0.15) is 11.5 Å². The van der Waals surface area contributed by atoms with Gasteiger partial charge in [-0.15, -0.1) is 9.48 Å². The third kappa shape index (κ3) is 5.12. The Kier molecular flexibility index (Phi) is 5.97. The number of hydrogen-bond donors (Lipinski definition) is 2. The Hall–Kier alpha value is -5.26.